The average molecular weight is 477 g/mol. The van der Waals surface area contributed by atoms with E-state index in [4.69, 9.17) is 10.2 Å². The highest BCUT2D eigenvalue weighted by Gasteiger charge is 2.06. The van der Waals surface area contributed by atoms with Gasteiger partial charge in [-0.25, -0.2) is 9.59 Å². The fourth-order valence-electron chi connectivity index (χ4n) is 3.67. The Morgan fingerprint density at radius 1 is 0.583 bits per heavy atom. The van der Waals surface area contributed by atoms with Gasteiger partial charge in [0.2, 0.25) is 0 Å². The number of aliphatic imine (C=N–C) groups is 2. The zero-order valence-electron chi connectivity index (χ0n) is 19.8. The van der Waals surface area contributed by atoms with Crippen LogP contribution in [0.2, 0.25) is 0 Å². The molecular weight excluding hydrogens is 452 g/mol. The molecule has 0 aliphatic heterocycles. The van der Waals surface area contributed by atoms with Crippen molar-refractivity contribution in [2.24, 2.45) is 9.98 Å². The Labute approximate surface area is 208 Å². The Balaban J connectivity index is 1.48. The SMILES string of the molecule is Cc1cc(-c2ccc(N=Cc3ccc(C(=O)O)cc3)c(C)c2)ccc1N=Cc1ccc(C(=O)O)cc1. The van der Waals surface area contributed by atoms with E-state index >= 15 is 0 Å². The van der Waals surface area contributed by atoms with Crippen molar-refractivity contribution in [1.29, 1.82) is 0 Å². The van der Waals surface area contributed by atoms with Gasteiger partial charge in [-0.3, -0.25) is 9.98 Å². The van der Waals surface area contributed by atoms with Gasteiger partial charge >= 0.3 is 11.9 Å². The molecule has 0 radical (unpaired) electrons. The Hall–Kier alpha value is -4.84. The molecule has 0 aliphatic rings. The van der Waals surface area contributed by atoms with Gasteiger partial charge in [0.15, 0.2) is 0 Å². The van der Waals surface area contributed by atoms with E-state index in [2.05, 4.69) is 22.1 Å². The molecule has 0 fully saturated rings. The normalized spacial score (nSPS) is 11.3. The molecule has 2 N–H and O–H groups in total. The van der Waals surface area contributed by atoms with Crippen LogP contribution in [0.5, 0.6) is 0 Å². The first-order valence-electron chi connectivity index (χ1n) is 11.3. The van der Waals surface area contributed by atoms with Crippen LogP contribution in [0.25, 0.3) is 11.1 Å². The molecule has 0 saturated carbocycles. The number of hydrogen-bond acceptors (Lipinski definition) is 4. The van der Waals surface area contributed by atoms with E-state index < -0.39 is 11.9 Å². The van der Waals surface area contributed by atoms with Crippen molar-refractivity contribution in [3.8, 4) is 11.1 Å². The molecule has 178 valence electrons. The number of aryl methyl sites for hydroxylation is 2. The number of nitrogens with zero attached hydrogens (tertiary/aromatic N) is 2. The van der Waals surface area contributed by atoms with Crippen LogP contribution in [0.3, 0.4) is 0 Å². The standard InChI is InChI=1S/C30H24N2O4/c1-19-15-25(11-13-27(19)31-17-21-3-7-23(8-4-21)29(33)34)26-12-14-28(20(2)16-26)32-18-22-5-9-24(10-6-22)30(35)36/h3-18H,1-2H3,(H,33,34)(H,35,36). The van der Waals surface area contributed by atoms with Crippen LogP contribution >= 0.6 is 0 Å². The Morgan fingerprint density at radius 2 is 0.944 bits per heavy atom. The maximum absolute atomic E-state index is 11.0. The molecule has 6 nitrogen and oxygen atoms in total. The lowest BCUT2D eigenvalue weighted by atomic mass is 10.00. The highest BCUT2D eigenvalue weighted by Crippen LogP contribution is 2.30. The van der Waals surface area contributed by atoms with E-state index in [-0.39, 0.29) is 11.1 Å². The average Bonchev–Trinajstić information content (AvgIpc) is 2.87. The molecule has 0 heterocycles. The zero-order valence-corrected chi connectivity index (χ0v) is 19.8. The van der Waals surface area contributed by atoms with E-state index in [9.17, 15) is 9.59 Å². The second kappa shape index (κ2) is 10.6. The van der Waals surface area contributed by atoms with Gasteiger partial charge in [0.25, 0.3) is 0 Å². The van der Waals surface area contributed by atoms with Gasteiger partial charge in [0.1, 0.15) is 0 Å². The summed E-state index contributed by atoms with van der Waals surface area (Å²) in [5, 5.41) is 18.0. The first-order chi connectivity index (χ1) is 17.3. The molecule has 0 amide bonds. The lowest BCUT2D eigenvalue weighted by molar-refractivity contribution is 0.0686. The quantitative estimate of drug-likeness (QED) is 0.284. The first kappa shape index (κ1) is 24.3. The largest absolute Gasteiger partial charge is 0.478 e. The minimum absolute atomic E-state index is 0.245. The summed E-state index contributed by atoms with van der Waals surface area (Å²) in [6.07, 6.45) is 3.44. The van der Waals surface area contributed by atoms with Gasteiger partial charge in [-0.1, -0.05) is 36.4 Å². The van der Waals surface area contributed by atoms with E-state index in [1.54, 1.807) is 61.0 Å². The molecule has 6 heteroatoms. The molecule has 0 aromatic heterocycles. The Kier molecular flexibility index (Phi) is 7.16. The third-order valence-electron chi connectivity index (χ3n) is 5.75. The molecular formula is C30H24N2O4. The topological polar surface area (TPSA) is 99.3 Å². The maximum atomic E-state index is 11.0. The van der Waals surface area contributed by atoms with E-state index in [0.717, 1.165) is 44.8 Å². The zero-order chi connectivity index (χ0) is 25.7. The highest BCUT2D eigenvalue weighted by molar-refractivity contribution is 5.90. The van der Waals surface area contributed by atoms with Crippen molar-refractivity contribution in [2.75, 3.05) is 0 Å². The minimum Gasteiger partial charge on any atom is -0.478 e. The van der Waals surface area contributed by atoms with Crippen LogP contribution in [0, 0.1) is 13.8 Å². The second-order valence-electron chi connectivity index (χ2n) is 8.37. The van der Waals surface area contributed by atoms with Crippen LogP contribution < -0.4 is 0 Å². The Bertz CT molecular complexity index is 1370. The number of carbonyl (C=O) groups is 2. The number of rotatable bonds is 7. The van der Waals surface area contributed by atoms with Crippen LogP contribution in [-0.4, -0.2) is 34.6 Å². The second-order valence-corrected chi connectivity index (χ2v) is 8.37. The molecule has 0 spiro atoms. The number of carboxylic acid groups (broad SMARTS) is 2. The number of benzene rings is 4. The van der Waals surface area contributed by atoms with Crippen LogP contribution in [-0.2, 0) is 0 Å². The van der Waals surface area contributed by atoms with Gasteiger partial charge in [-0.2, -0.15) is 0 Å². The van der Waals surface area contributed by atoms with Gasteiger partial charge < -0.3 is 10.2 Å². The van der Waals surface area contributed by atoms with Crippen molar-refractivity contribution >= 4 is 35.7 Å². The molecule has 0 unspecified atom stereocenters. The third kappa shape index (κ3) is 5.80. The summed E-state index contributed by atoms with van der Waals surface area (Å²) in [6, 6.07) is 25.3. The smallest absolute Gasteiger partial charge is 0.335 e. The number of hydrogen-bond donors (Lipinski definition) is 2. The van der Waals surface area contributed by atoms with Gasteiger partial charge in [0.05, 0.1) is 22.5 Å². The molecule has 36 heavy (non-hydrogen) atoms. The van der Waals surface area contributed by atoms with E-state index in [0.29, 0.717) is 0 Å². The Morgan fingerprint density at radius 3 is 1.25 bits per heavy atom. The van der Waals surface area contributed by atoms with Crippen molar-refractivity contribution < 1.29 is 19.8 Å². The first-order valence-corrected chi connectivity index (χ1v) is 11.3. The molecule has 0 saturated heterocycles. The summed E-state index contributed by atoms with van der Waals surface area (Å²) in [6.45, 7) is 4.01. The lowest BCUT2D eigenvalue weighted by Gasteiger charge is -2.08. The fraction of sp³-hybridized carbons (Fsp3) is 0.0667. The van der Waals surface area contributed by atoms with Gasteiger partial charge in [0, 0.05) is 12.4 Å². The van der Waals surface area contributed by atoms with Crippen molar-refractivity contribution in [3.05, 3.63) is 118 Å². The number of carboxylic acids is 2. The molecule has 4 aromatic carbocycles. The predicted octanol–water partition coefficient (Wildman–Crippen LogP) is 6.87. The predicted molar refractivity (Wildman–Crippen MR) is 143 cm³/mol. The molecule has 0 atom stereocenters. The van der Waals surface area contributed by atoms with E-state index in [1.807, 2.05) is 38.1 Å². The van der Waals surface area contributed by atoms with Crippen molar-refractivity contribution in [3.63, 3.8) is 0 Å². The van der Waals surface area contributed by atoms with Gasteiger partial charge in [-0.15, -0.1) is 0 Å². The highest BCUT2D eigenvalue weighted by atomic mass is 16.4. The van der Waals surface area contributed by atoms with Crippen LogP contribution in [0.15, 0.2) is 94.9 Å². The van der Waals surface area contributed by atoms with Crippen molar-refractivity contribution in [1.82, 2.24) is 0 Å². The maximum Gasteiger partial charge on any atom is 0.335 e. The summed E-state index contributed by atoms with van der Waals surface area (Å²) in [4.78, 5) is 31.1. The van der Waals surface area contributed by atoms with Crippen LogP contribution in [0.4, 0.5) is 11.4 Å². The fourth-order valence-corrected chi connectivity index (χ4v) is 3.67. The van der Waals surface area contributed by atoms with Crippen LogP contribution in [0.1, 0.15) is 43.0 Å². The summed E-state index contributed by atoms with van der Waals surface area (Å²) < 4.78 is 0. The summed E-state index contributed by atoms with van der Waals surface area (Å²) >= 11 is 0. The summed E-state index contributed by atoms with van der Waals surface area (Å²) in [5.41, 5.74) is 8.01. The molecule has 4 rings (SSSR count). The summed E-state index contributed by atoms with van der Waals surface area (Å²) in [7, 11) is 0. The van der Waals surface area contributed by atoms with E-state index in [1.165, 1.54) is 0 Å². The van der Waals surface area contributed by atoms with Crippen molar-refractivity contribution in [2.45, 2.75) is 13.8 Å². The number of aromatic carboxylic acids is 2. The summed E-state index contributed by atoms with van der Waals surface area (Å²) in [5.74, 6) is -1.90. The third-order valence-corrected chi connectivity index (χ3v) is 5.75. The molecule has 4 aromatic rings. The monoisotopic (exact) mass is 476 g/mol. The molecule has 0 aliphatic carbocycles. The van der Waals surface area contributed by atoms with Gasteiger partial charge in [-0.05, 0) is 95.8 Å². The molecule has 0 bridgehead atoms. The lowest BCUT2D eigenvalue weighted by Crippen LogP contribution is -1.95. The minimum atomic E-state index is -0.952.